The molecule has 1 aliphatic rings. The molecule has 0 spiro atoms. The summed E-state index contributed by atoms with van der Waals surface area (Å²) in [5.74, 6) is -0.518. The molecule has 0 saturated carbocycles. The normalized spacial score (nSPS) is 13.9. The molecule has 0 radical (unpaired) electrons. The van der Waals surface area contributed by atoms with Gasteiger partial charge in [0.25, 0.3) is 11.8 Å². The van der Waals surface area contributed by atoms with Crippen LogP contribution in [0.1, 0.15) is 27.1 Å². The van der Waals surface area contributed by atoms with Crippen molar-refractivity contribution in [3.05, 3.63) is 35.4 Å². The van der Waals surface area contributed by atoms with Crippen LogP contribution >= 0.6 is 0 Å². The first-order valence-electron chi connectivity index (χ1n) is 6.97. The van der Waals surface area contributed by atoms with Crippen LogP contribution in [0.15, 0.2) is 24.3 Å². The Bertz CT molecular complexity index is 468. The molecule has 21 heavy (non-hydrogen) atoms. The lowest BCUT2D eigenvalue weighted by Crippen LogP contribution is -2.33. The predicted octanol–water partition coefficient (Wildman–Crippen LogP) is 0.698. The van der Waals surface area contributed by atoms with Gasteiger partial charge in [-0.05, 0) is 18.6 Å². The van der Waals surface area contributed by atoms with Crippen LogP contribution in [-0.2, 0) is 9.47 Å². The molecule has 0 atom stereocenters. The fourth-order valence-electron chi connectivity index (χ4n) is 2.13. The van der Waals surface area contributed by atoms with Gasteiger partial charge in [-0.2, -0.15) is 0 Å². The zero-order chi connectivity index (χ0) is 15.1. The van der Waals surface area contributed by atoms with E-state index >= 15 is 0 Å². The third-order valence-corrected chi connectivity index (χ3v) is 3.15. The molecule has 0 aliphatic carbocycles. The van der Waals surface area contributed by atoms with Gasteiger partial charge in [0.15, 0.2) is 0 Å². The van der Waals surface area contributed by atoms with Crippen molar-refractivity contribution in [1.82, 2.24) is 4.90 Å². The van der Waals surface area contributed by atoms with Gasteiger partial charge in [0, 0.05) is 13.2 Å². The maximum atomic E-state index is 12.1. The minimum absolute atomic E-state index is 0.0145. The Hall–Kier alpha value is -1.76. The number of hydrogen-bond donors (Lipinski definition) is 1. The number of nitrogens with zero attached hydrogens (tertiary/aromatic N) is 1. The molecule has 1 aliphatic heterocycles. The van der Waals surface area contributed by atoms with E-state index in [9.17, 15) is 9.59 Å². The van der Waals surface area contributed by atoms with E-state index in [1.54, 1.807) is 24.3 Å². The second kappa shape index (κ2) is 7.87. The molecule has 2 amide bonds. The van der Waals surface area contributed by atoms with Gasteiger partial charge in [0.2, 0.25) is 0 Å². The van der Waals surface area contributed by atoms with Gasteiger partial charge in [-0.15, -0.1) is 0 Å². The molecule has 114 valence electrons. The highest BCUT2D eigenvalue weighted by Crippen LogP contribution is 2.21. The van der Waals surface area contributed by atoms with Gasteiger partial charge < -0.3 is 14.6 Å². The average molecular weight is 293 g/mol. The van der Waals surface area contributed by atoms with Gasteiger partial charge in [-0.25, -0.2) is 0 Å². The van der Waals surface area contributed by atoms with E-state index in [1.165, 1.54) is 4.90 Å². The van der Waals surface area contributed by atoms with E-state index in [0.29, 0.717) is 44.0 Å². The third-order valence-electron chi connectivity index (χ3n) is 3.15. The van der Waals surface area contributed by atoms with Crippen LogP contribution < -0.4 is 0 Å². The Morgan fingerprint density at radius 2 is 1.48 bits per heavy atom. The number of hydrogen-bond acceptors (Lipinski definition) is 5. The summed E-state index contributed by atoms with van der Waals surface area (Å²) in [6, 6.07) is 6.82. The summed E-state index contributed by atoms with van der Waals surface area (Å²) < 4.78 is 10.5. The molecule has 6 heteroatoms. The highest BCUT2D eigenvalue weighted by Gasteiger charge is 2.34. The summed E-state index contributed by atoms with van der Waals surface area (Å²) in [6.45, 7) is 1.92. The molecule has 0 saturated heterocycles. The summed E-state index contributed by atoms with van der Waals surface area (Å²) in [6.07, 6.45) is 0.710. The van der Waals surface area contributed by atoms with Crippen LogP contribution in [-0.4, -0.2) is 61.4 Å². The summed E-state index contributed by atoms with van der Waals surface area (Å²) in [4.78, 5) is 25.3. The maximum Gasteiger partial charge on any atom is 0.261 e. The van der Waals surface area contributed by atoms with Crippen molar-refractivity contribution in [3.63, 3.8) is 0 Å². The number of aliphatic hydroxyl groups is 1. The summed E-state index contributed by atoms with van der Waals surface area (Å²) >= 11 is 0. The fourth-order valence-corrected chi connectivity index (χ4v) is 2.13. The Kier molecular flexibility index (Phi) is 5.86. The monoisotopic (exact) mass is 293 g/mol. The van der Waals surface area contributed by atoms with Crippen LogP contribution in [0.5, 0.6) is 0 Å². The number of carbonyl (C=O) groups is 2. The van der Waals surface area contributed by atoms with E-state index in [2.05, 4.69) is 0 Å². The van der Waals surface area contributed by atoms with Crippen LogP contribution in [0, 0.1) is 0 Å². The largest absolute Gasteiger partial charge is 0.394 e. The van der Waals surface area contributed by atoms with Crippen LogP contribution in [0.4, 0.5) is 0 Å². The molecule has 0 bridgehead atoms. The Balaban J connectivity index is 1.69. The average Bonchev–Trinajstić information content (AvgIpc) is 2.75. The van der Waals surface area contributed by atoms with Crippen molar-refractivity contribution < 1.29 is 24.2 Å². The molecular weight excluding hydrogens is 274 g/mol. The number of carbonyl (C=O) groups excluding carboxylic acids is 2. The zero-order valence-corrected chi connectivity index (χ0v) is 11.8. The molecule has 0 unspecified atom stereocenters. The third kappa shape index (κ3) is 3.87. The van der Waals surface area contributed by atoms with Crippen LogP contribution in [0.2, 0.25) is 0 Å². The number of fused-ring (bicyclic) bond motifs is 1. The van der Waals surface area contributed by atoms with E-state index in [0.717, 1.165) is 0 Å². The van der Waals surface area contributed by atoms with E-state index in [1.807, 2.05) is 0 Å². The second-order valence-electron chi connectivity index (χ2n) is 4.61. The lowest BCUT2D eigenvalue weighted by molar-refractivity contribution is 0.0479. The fraction of sp³-hybridized carbons (Fsp3) is 0.467. The molecule has 1 heterocycles. The molecule has 1 aromatic carbocycles. The van der Waals surface area contributed by atoms with Crippen molar-refractivity contribution in [1.29, 1.82) is 0 Å². The number of rotatable bonds is 9. The summed E-state index contributed by atoms with van der Waals surface area (Å²) in [7, 11) is 0. The standard InChI is InChI=1S/C15H19NO5/c17-7-11-21-9-3-8-20-10-6-16-14(18)12-4-1-2-5-13(12)15(16)19/h1-2,4-5,17H,3,6-11H2. The van der Waals surface area contributed by atoms with E-state index in [4.69, 9.17) is 14.6 Å². The first-order valence-corrected chi connectivity index (χ1v) is 6.97. The van der Waals surface area contributed by atoms with Crippen molar-refractivity contribution in [2.75, 3.05) is 39.6 Å². The van der Waals surface area contributed by atoms with Crippen LogP contribution in [0.25, 0.3) is 0 Å². The molecule has 2 rings (SSSR count). The van der Waals surface area contributed by atoms with Crippen molar-refractivity contribution in [2.24, 2.45) is 0 Å². The molecule has 0 fully saturated rings. The predicted molar refractivity (Wildman–Crippen MR) is 75.1 cm³/mol. The smallest absolute Gasteiger partial charge is 0.261 e. The van der Waals surface area contributed by atoms with Crippen molar-refractivity contribution >= 4 is 11.8 Å². The minimum atomic E-state index is -0.259. The molecule has 0 aromatic heterocycles. The highest BCUT2D eigenvalue weighted by molar-refractivity contribution is 6.21. The molecule has 6 nitrogen and oxygen atoms in total. The maximum absolute atomic E-state index is 12.1. The Labute approximate surface area is 123 Å². The van der Waals surface area contributed by atoms with Crippen LogP contribution in [0.3, 0.4) is 0 Å². The molecule has 1 aromatic rings. The quantitative estimate of drug-likeness (QED) is 0.536. The van der Waals surface area contributed by atoms with Crippen molar-refractivity contribution in [2.45, 2.75) is 6.42 Å². The number of imide groups is 1. The first kappa shape index (κ1) is 15.6. The zero-order valence-electron chi connectivity index (χ0n) is 11.8. The number of aliphatic hydroxyl groups excluding tert-OH is 1. The SMILES string of the molecule is O=C1c2ccccc2C(=O)N1CCOCCCOCCO. The van der Waals surface area contributed by atoms with E-state index < -0.39 is 0 Å². The minimum Gasteiger partial charge on any atom is -0.394 e. The Morgan fingerprint density at radius 3 is 2.05 bits per heavy atom. The van der Waals surface area contributed by atoms with Gasteiger partial charge in [0.05, 0.1) is 37.5 Å². The first-order chi connectivity index (χ1) is 10.3. The molecule has 1 N–H and O–H groups in total. The summed E-state index contributed by atoms with van der Waals surface area (Å²) in [5, 5.41) is 8.53. The number of ether oxygens (including phenoxy) is 2. The Morgan fingerprint density at radius 1 is 0.905 bits per heavy atom. The summed E-state index contributed by atoms with van der Waals surface area (Å²) in [5.41, 5.74) is 0.916. The van der Waals surface area contributed by atoms with Gasteiger partial charge >= 0.3 is 0 Å². The number of benzene rings is 1. The van der Waals surface area contributed by atoms with E-state index in [-0.39, 0.29) is 25.0 Å². The number of amides is 2. The van der Waals surface area contributed by atoms with Gasteiger partial charge in [0.1, 0.15) is 0 Å². The van der Waals surface area contributed by atoms with Crippen molar-refractivity contribution in [3.8, 4) is 0 Å². The second-order valence-corrected chi connectivity index (χ2v) is 4.61. The lowest BCUT2D eigenvalue weighted by atomic mass is 10.1. The molecular formula is C15H19NO5. The van der Waals surface area contributed by atoms with Gasteiger partial charge in [-0.1, -0.05) is 12.1 Å². The van der Waals surface area contributed by atoms with Gasteiger partial charge in [-0.3, -0.25) is 14.5 Å². The topological polar surface area (TPSA) is 76.1 Å². The lowest BCUT2D eigenvalue weighted by Gasteiger charge is -2.13. The highest BCUT2D eigenvalue weighted by atomic mass is 16.5.